The summed E-state index contributed by atoms with van der Waals surface area (Å²) >= 11 is 2.95. The molecule has 0 spiro atoms. The molecule has 1 aliphatic carbocycles. The zero-order valence-electron chi connectivity index (χ0n) is 13.8. The molecule has 0 unspecified atom stereocenters. The van der Waals surface area contributed by atoms with Gasteiger partial charge in [0.05, 0.1) is 11.3 Å². The summed E-state index contributed by atoms with van der Waals surface area (Å²) in [4.78, 5) is 8.87. The van der Waals surface area contributed by atoms with Gasteiger partial charge in [0.25, 0.3) is 0 Å². The van der Waals surface area contributed by atoms with Crippen molar-refractivity contribution >= 4 is 33.4 Å². The number of hydrogen-bond acceptors (Lipinski definition) is 4. The summed E-state index contributed by atoms with van der Waals surface area (Å²) in [5.41, 5.74) is 0.509. The van der Waals surface area contributed by atoms with Crippen LogP contribution in [0.15, 0.2) is 28.7 Å². The van der Waals surface area contributed by atoms with Crippen molar-refractivity contribution in [2.24, 2.45) is 0 Å². The summed E-state index contributed by atoms with van der Waals surface area (Å²) < 4.78 is 39.2. The van der Waals surface area contributed by atoms with Crippen molar-refractivity contribution in [2.75, 3.05) is 10.6 Å². The van der Waals surface area contributed by atoms with E-state index in [0.717, 1.165) is 24.6 Å². The molecule has 8 heteroatoms. The Morgan fingerprint density at radius 1 is 1.16 bits per heavy atom. The molecule has 1 heterocycles. The van der Waals surface area contributed by atoms with Crippen molar-refractivity contribution in [1.29, 1.82) is 0 Å². The summed E-state index contributed by atoms with van der Waals surface area (Å²) in [5.74, 6) is 1.37. The first-order valence-electron chi connectivity index (χ1n) is 8.01. The van der Waals surface area contributed by atoms with E-state index in [2.05, 4.69) is 36.5 Å². The molecule has 4 nitrogen and oxygen atoms in total. The minimum atomic E-state index is -4.42. The predicted octanol–water partition coefficient (Wildman–Crippen LogP) is 5.70. The largest absolute Gasteiger partial charge is 0.417 e. The van der Waals surface area contributed by atoms with Crippen LogP contribution in [0, 0.1) is 0 Å². The van der Waals surface area contributed by atoms with E-state index in [1.165, 1.54) is 6.07 Å². The first-order chi connectivity index (χ1) is 11.7. The van der Waals surface area contributed by atoms with Crippen LogP contribution in [0.4, 0.5) is 30.6 Å². The highest BCUT2D eigenvalue weighted by atomic mass is 79.9. The molecule has 1 aromatic carbocycles. The lowest BCUT2D eigenvalue weighted by atomic mass is 10.2. The van der Waals surface area contributed by atoms with Crippen molar-refractivity contribution in [3.05, 3.63) is 40.0 Å². The minimum Gasteiger partial charge on any atom is -0.352 e. The molecule has 0 radical (unpaired) electrons. The number of nitrogens with zero attached hydrogens (tertiary/aromatic N) is 2. The highest BCUT2D eigenvalue weighted by Crippen LogP contribution is 2.40. The van der Waals surface area contributed by atoms with Gasteiger partial charge in [-0.05, 0) is 44.9 Å². The number of anilines is 3. The molecular formula is C17H18BrF3N4. The van der Waals surface area contributed by atoms with Gasteiger partial charge < -0.3 is 10.6 Å². The number of nitrogens with one attached hydrogen (secondary N) is 2. The molecule has 1 aliphatic rings. The average Bonchev–Trinajstić information content (AvgIpc) is 3.32. The molecule has 2 N–H and O–H groups in total. The fourth-order valence-electron chi connectivity index (χ4n) is 2.41. The van der Waals surface area contributed by atoms with E-state index in [4.69, 9.17) is 0 Å². The van der Waals surface area contributed by atoms with Gasteiger partial charge in [0.15, 0.2) is 0 Å². The maximum atomic E-state index is 13.1. The fraction of sp³-hybridized carbons (Fsp3) is 0.412. The van der Waals surface area contributed by atoms with Crippen molar-refractivity contribution in [1.82, 2.24) is 9.97 Å². The van der Waals surface area contributed by atoms with Crippen molar-refractivity contribution in [3.63, 3.8) is 0 Å². The highest BCUT2D eigenvalue weighted by Gasteiger charge is 2.33. The van der Waals surface area contributed by atoms with E-state index in [9.17, 15) is 13.2 Å². The number of benzene rings is 1. The lowest BCUT2D eigenvalue weighted by Crippen LogP contribution is -2.14. The summed E-state index contributed by atoms with van der Waals surface area (Å²) in [5, 5.41) is 6.12. The van der Waals surface area contributed by atoms with Gasteiger partial charge in [-0.3, -0.25) is 0 Å². The molecule has 134 valence electrons. The summed E-state index contributed by atoms with van der Waals surface area (Å²) in [6, 6.07) is 5.98. The van der Waals surface area contributed by atoms with Gasteiger partial charge in [0, 0.05) is 28.2 Å². The standard InChI is InChI=1S/C17H18BrF3N4/c1-9(2)22-16-24-14(10-3-4-10)8-15(25-16)23-11-5-6-13(18)12(7-11)17(19,20)21/h5-10H,3-4H2,1-2H3,(H2,22,23,24,25). The van der Waals surface area contributed by atoms with Gasteiger partial charge in [-0.2, -0.15) is 18.2 Å². The third-order valence-electron chi connectivity index (χ3n) is 3.70. The van der Waals surface area contributed by atoms with Gasteiger partial charge in [-0.25, -0.2) is 4.98 Å². The third-order valence-corrected chi connectivity index (χ3v) is 4.40. The van der Waals surface area contributed by atoms with Crippen LogP contribution in [0.3, 0.4) is 0 Å². The van der Waals surface area contributed by atoms with Crippen LogP contribution in [-0.2, 0) is 6.18 Å². The zero-order valence-corrected chi connectivity index (χ0v) is 15.4. The maximum Gasteiger partial charge on any atom is 0.417 e. The molecule has 1 aromatic heterocycles. The molecule has 0 saturated heterocycles. The molecule has 0 bridgehead atoms. The van der Waals surface area contributed by atoms with Crippen LogP contribution in [0.5, 0.6) is 0 Å². The van der Waals surface area contributed by atoms with Gasteiger partial charge in [-0.1, -0.05) is 15.9 Å². The third kappa shape index (κ3) is 4.62. The quantitative estimate of drug-likeness (QED) is 0.658. The highest BCUT2D eigenvalue weighted by molar-refractivity contribution is 9.10. The van der Waals surface area contributed by atoms with E-state index >= 15 is 0 Å². The molecule has 3 rings (SSSR count). The lowest BCUT2D eigenvalue weighted by molar-refractivity contribution is -0.138. The van der Waals surface area contributed by atoms with Gasteiger partial charge in [0.1, 0.15) is 5.82 Å². The van der Waals surface area contributed by atoms with Crippen molar-refractivity contribution in [2.45, 2.75) is 44.8 Å². The van der Waals surface area contributed by atoms with E-state index < -0.39 is 11.7 Å². The number of hydrogen-bond donors (Lipinski definition) is 2. The van der Waals surface area contributed by atoms with Crippen LogP contribution in [-0.4, -0.2) is 16.0 Å². The second kappa shape index (κ2) is 6.82. The predicted molar refractivity (Wildman–Crippen MR) is 95.2 cm³/mol. The van der Waals surface area contributed by atoms with Crippen molar-refractivity contribution in [3.8, 4) is 0 Å². The monoisotopic (exact) mass is 414 g/mol. The van der Waals surface area contributed by atoms with Gasteiger partial charge >= 0.3 is 6.18 Å². The molecular weight excluding hydrogens is 397 g/mol. The average molecular weight is 415 g/mol. The van der Waals surface area contributed by atoms with Gasteiger partial charge in [-0.15, -0.1) is 0 Å². The first-order valence-corrected chi connectivity index (χ1v) is 8.81. The Balaban J connectivity index is 1.90. The van der Waals surface area contributed by atoms with E-state index in [1.807, 2.05) is 13.8 Å². The Kier molecular flexibility index (Phi) is 4.90. The Morgan fingerprint density at radius 3 is 2.48 bits per heavy atom. The second-order valence-corrected chi connectivity index (χ2v) is 7.25. The Hall–Kier alpha value is -1.83. The van der Waals surface area contributed by atoms with Gasteiger partial charge in [0.2, 0.25) is 5.95 Å². The van der Waals surface area contributed by atoms with E-state index in [0.29, 0.717) is 23.4 Å². The van der Waals surface area contributed by atoms with E-state index in [1.54, 1.807) is 12.1 Å². The van der Waals surface area contributed by atoms with Crippen LogP contribution in [0.1, 0.15) is 43.9 Å². The molecule has 1 saturated carbocycles. The smallest absolute Gasteiger partial charge is 0.352 e. The molecule has 25 heavy (non-hydrogen) atoms. The Labute approximate surface area is 152 Å². The molecule has 1 fully saturated rings. The summed E-state index contributed by atoms with van der Waals surface area (Å²) in [6.07, 6.45) is -2.27. The van der Waals surface area contributed by atoms with E-state index in [-0.39, 0.29) is 10.5 Å². The molecule has 0 aliphatic heterocycles. The van der Waals surface area contributed by atoms with Crippen LogP contribution < -0.4 is 10.6 Å². The topological polar surface area (TPSA) is 49.8 Å². The fourth-order valence-corrected chi connectivity index (χ4v) is 2.88. The zero-order chi connectivity index (χ0) is 18.2. The van der Waals surface area contributed by atoms with Crippen LogP contribution >= 0.6 is 15.9 Å². The minimum absolute atomic E-state index is 0.00840. The Morgan fingerprint density at radius 2 is 1.88 bits per heavy atom. The second-order valence-electron chi connectivity index (χ2n) is 6.39. The Bertz CT molecular complexity index is 773. The van der Waals surface area contributed by atoms with Crippen LogP contribution in [0.25, 0.3) is 0 Å². The van der Waals surface area contributed by atoms with Crippen LogP contribution in [0.2, 0.25) is 0 Å². The molecule has 0 atom stereocenters. The number of aromatic nitrogens is 2. The normalized spacial score (nSPS) is 14.7. The SMILES string of the molecule is CC(C)Nc1nc(Nc2ccc(Br)c(C(F)(F)F)c2)cc(C2CC2)n1. The number of alkyl halides is 3. The summed E-state index contributed by atoms with van der Waals surface area (Å²) in [7, 11) is 0. The van der Waals surface area contributed by atoms with Crippen molar-refractivity contribution < 1.29 is 13.2 Å². The maximum absolute atomic E-state index is 13.1. The number of rotatable bonds is 5. The summed E-state index contributed by atoms with van der Waals surface area (Å²) in [6.45, 7) is 3.95. The molecule has 0 amide bonds. The first kappa shape index (κ1) is 18.0. The molecule has 2 aromatic rings. The lowest BCUT2D eigenvalue weighted by Gasteiger charge is -2.14. The number of halogens is 4.